The number of nitrogens with zero attached hydrogens (tertiary/aromatic N) is 1. The van der Waals surface area contributed by atoms with Crippen molar-refractivity contribution in [1.29, 1.82) is 0 Å². The second-order valence-electron chi connectivity index (χ2n) is 10.4. The minimum absolute atomic E-state index is 0.192. The lowest BCUT2D eigenvalue weighted by atomic mass is 9.72. The number of halogens is 2. The van der Waals surface area contributed by atoms with Gasteiger partial charge in [-0.15, -0.1) is 0 Å². The Kier molecular flexibility index (Phi) is 5.69. The number of likely N-dealkylation sites (tertiary alicyclic amines) is 1. The van der Waals surface area contributed by atoms with E-state index in [1.54, 1.807) is 30.3 Å². The van der Waals surface area contributed by atoms with E-state index in [4.69, 9.17) is 4.74 Å². The minimum Gasteiger partial charge on any atom is -0.463 e. The number of ether oxygens (including phenoxy) is 1. The Bertz CT molecular complexity index is 753. The van der Waals surface area contributed by atoms with Gasteiger partial charge in [-0.1, -0.05) is 30.3 Å². The first kappa shape index (κ1) is 21.7. The maximum atomic E-state index is 14.2. The molecule has 2 bridgehead atoms. The van der Waals surface area contributed by atoms with E-state index >= 15 is 0 Å². The lowest BCUT2D eigenvalue weighted by Gasteiger charge is -2.42. The normalized spacial score (nSPS) is 34.2. The lowest BCUT2D eigenvalue weighted by Crippen LogP contribution is -2.53. The van der Waals surface area contributed by atoms with Crippen LogP contribution in [0.25, 0.3) is 0 Å². The summed E-state index contributed by atoms with van der Waals surface area (Å²) < 4.78 is 35.0. The predicted molar refractivity (Wildman–Crippen MR) is 110 cm³/mol. The first-order valence-corrected chi connectivity index (χ1v) is 11.3. The van der Waals surface area contributed by atoms with E-state index < -0.39 is 29.8 Å². The number of carbonyl (C=O) groups is 1. The fourth-order valence-electron chi connectivity index (χ4n) is 6.33. The quantitative estimate of drug-likeness (QED) is 0.577. The van der Waals surface area contributed by atoms with Crippen molar-refractivity contribution in [3.8, 4) is 0 Å². The van der Waals surface area contributed by atoms with Crippen LogP contribution in [0.3, 0.4) is 0 Å². The second kappa shape index (κ2) is 7.86. The molecule has 3 fully saturated rings. The fraction of sp³-hybridized carbons (Fsp3) is 0.708. The van der Waals surface area contributed by atoms with Crippen molar-refractivity contribution in [2.75, 3.05) is 33.8 Å². The van der Waals surface area contributed by atoms with Gasteiger partial charge in [0.15, 0.2) is 5.60 Å². The monoisotopic (exact) mass is 422 g/mol. The number of quaternary nitrogens is 1. The third-order valence-electron chi connectivity index (χ3n) is 7.74. The number of fused-ring (bicyclic) bond motifs is 2. The Morgan fingerprint density at radius 2 is 1.80 bits per heavy atom. The van der Waals surface area contributed by atoms with Crippen LogP contribution >= 0.6 is 0 Å². The summed E-state index contributed by atoms with van der Waals surface area (Å²) in [4.78, 5) is 13.3. The molecular weight excluding hydrogens is 388 g/mol. The molecule has 1 N–H and O–H groups in total. The van der Waals surface area contributed by atoms with E-state index in [9.17, 15) is 18.7 Å². The average Bonchev–Trinajstić information content (AvgIpc) is 2.95. The zero-order chi connectivity index (χ0) is 21.6. The summed E-state index contributed by atoms with van der Waals surface area (Å²) in [6.07, 6.45) is 2.28. The molecule has 3 aliphatic rings. The third kappa shape index (κ3) is 4.13. The first-order valence-electron chi connectivity index (χ1n) is 11.3. The standard InChI is InChI=1S/C24H34F2NO3/c1-27(2)14-17-10-11-18(15-27)21(17)16-30-22(28)24(29,19-7-4-3-5-8-19)20-9-6-12-23(25,26)13-20/h3-5,7-8,17-18,20-21,29H,6,9-16H2,1-2H3/q+1/t17?,18?,20-,21?,24+/m1/s1. The molecule has 166 valence electrons. The Morgan fingerprint density at radius 1 is 1.17 bits per heavy atom. The number of carbonyl (C=O) groups excluding carboxylic acids is 1. The number of hydrogen-bond donors (Lipinski definition) is 1. The second-order valence-corrected chi connectivity index (χ2v) is 10.4. The SMILES string of the molecule is C[N+]1(C)CC2CCC(C1)C2COC(=O)[C@](O)(c1ccccc1)[C@@H]1CCCC(F)(F)C1. The predicted octanol–water partition coefficient (Wildman–Crippen LogP) is 3.98. The lowest BCUT2D eigenvalue weighted by molar-refractivity contribution is -0.902. The summed E-state index contributed by atoms with van der Waals surface area (Å²) in [5, 5.41) is 11.6. The van der Waals surface area contributed by atoms with Gasteiger partial charge in [-0.3, -0.25) is 0 Å². The molecule has 1 saturated heterocycles. The highest BCUT2D eigenvalue weighted by molar-refractivity contribution is 5.81. The maximum Gasteiger partial charge on any atom is 0.343 e. The van der Waals surface area contributed by atoms with E-state index in [0.717, 1.165) is 30.4 Å². The Hall–Kier alpha value is -1.53. The molecule has 0 amide bonds. The minimum atomic E-state index is -2.86. The van der Waals surface area contributed by atoms with Crippen LogP contribution < -0.4 is 0 Å². The van der Waals surface area contributed by atoms with Crippen molar-refractivity contribution in [3.05, 3.63) is 35.9 Å². The van der Waals surface area contributed by atoms with Crippen LogP contribution in [0.4, 0.5) is 8.78 Å². The summed E-state index contributed by atoms with van der Waals surface area (Å²) in [5.74, 6) is -3.17. The van der Waals surface area contributed by atoms with Gasteiger partial charge < -0.3 is 14.3 Å². The Balaban J connectivity index is 1.52. The number of alkyl halides is 2. The molecule has 2 aliphatic carbocycles. The molecule has 4 nitrogen and oxygen atoms in total. The molecule has 4 atom stereocenters. The van der Waals surface area contributed by atoms with Crippen molar-refractivity contribution in [1.82, 2.24) is 0 Å². The zero-order valence-corrected chi connectivity index (χ0v) is 18.0. The van der Waals surface area contributed by atoms with Gasteiger partial charge in [-0.2, -0.15) is 0 Å². The smallest absolute Gasteiger partial charge is 0.343 e. The maximum absolute atomic E-state index is 14.2. The highest BCUT2D eigenvalue weighted by atomic mass is 19.3. The largest absolute Gasteiger partial charge is 0.463 e. The number of esters is 1. The molecule has 0 spiro atoms. The summed E-state index contributed by atoms with van der Waals surface area (Å²) in [6.45, 7) is 2.40. The van der Waals surface area contributed by atoms with Crippen LogP contribution in [-0.2, 0) is 15.1 Å². The summed E-state index contributed by atoms with van der Waals surface area (Å²) in [7, 11) is 4.48. The molecule has 30 heavy (non-hydrogen) atoms. The summed E-state index contributed by atoms with van der Waals surface area (Å²) >= 11 is 0. The summed E-state index contributed by atoms with van der Waals surface area (Å²) in [5.41, 5.74) is -1.68. The van der Waals surface area contributed by atoms with E-state index in [-0.39, 0.29) is 13.0 Å². The molecule has 6 heteroatoms. The average molecular weight is 423 g/mol. The van der Waals surface area contributed by atoms with Gasteiger partial charge in [0.1, 0.15) is 0 Å². The van der Waals surface area contributed by atoms with Crippen molar-refractivity contribution >= 4 is 5.97 Å². The Morgan fingerprint density at radius 3 is 2.40 bits per heavy atom. The molecule has 2 saturated carbocycles. The number of hydrogen-bond acceptors (Lipinski definition) is 3. The third-order valence-corrected chi connectivity index (χ3v) is 7.74. The van der Waals surface area contributed by atoms with Crippen LogP contribution in [-0.4, -0.2) is 55.3 Å². The van der Waals surface area contributed by atoms with Crippen molar-refractivity contribution in [2.24, 2.45) is 23.7 Å². The van der Waals surface area contributed by atoms with Gasteiger partial charge in [0.05, 0.1) is 33.8 Å². The van der Waals surface area contributed by atoms with Crippen LogP contribution in [0.1, 0.15) is 44.1 Å². The van der Waals surface area contributed by atoms with Crippen molar-refractivity contribution in [3.63, 3.8) is 0 Å². The van der Waals surface area contributed by atoms with Crippen LogP contribution in [0.2, 0.25) is 0 Å². The van der Waals surface area contributed by atoms with Gasteiger partial charge in [0.25, 0.3) is 0 Å². The molecule has 0 radical (unpaired) electrons. The molecular formula is C24H34F2NO3+. The molecule has 4 rings (SSSR count). The van der Waals surface area contributed by atoms with Gasteiger partial charge in [0, 0.05) is 36.5 Å². The molecule has 0 aromatic heterocycles. The molecule has 1 aliphatic heterocycles. The molecule has 1 aromatic carbocycles. The highest BCUT2D eigenvalue weighted by Gasteiger charge is 2.53. The van der Waals surface area contributed by atoms with Gasteiger partial charge in [-0.05, 0) is 31.2 Å². The number of benzene rings is 1. The fourth-order valence-corrected chi connectivity index (χ4v) is 6.33. The van der Waals surface area contributed by atoms with E-state index in [1.807, 2.05) is 0 Å². The molecule has 2 unspecified atom stereocenters. The topological polar surface area (TPSA) is 46.5 Å². The van der Waals surface area contributed by atoms with Gasteiger partial charge in [0.2, 0.25) is 5.92 Å². The van der Waals surface area contributed by atoms with E-state index in [2.05, 4.69) is 14.1 Å². The summed E-state index contributed by atoms with van der Waals surface area (Å²) in [6, 6.07) is 8.49. The van der Waals surface area contributed by atoms with E-state index in [0.29, 0.717) is 36.2 Å². The van der Waals surface area contributed by atoms with Crippen LogP contribution in [0.5, 0.6) is 0 Å². The van der Waals surface area contributed by atoms with Gasteiger partial charge >= 0.3 is 5.97 Å². The molecule has 1 aromatic rings. The molecule has 1 heterocycles. The van der Waals surface area contributed by atoms with E-state index in [1.165, 1.54) is 0 Å². The number of rotatable bonds is 5. The van der Waals surface area contributed by atoms with Crippen molar-refractivity contribution < 1.29 is 27.9 Å². The van der Waals surface area contributed by atoms with Crippen LogP contribution in [0, 0.1) is 23.7 Å². The number of piperidine rings is 1. The van der Waals surface area contributed by atoms with Crippen LogP contribution in [0.15, 0.2) is 30.3 Å². The zero-order valence-electron chi connectivity index (χ0n) is 18.0. The number of aliphatic hydroxyl groups is 1. The first-order chi connectivity index (χ1) is 14.1. The van der Waals surface area contributed by atoms with Crippen molar-refractivity contribution in [2.45, 2.75) is 50.0 Å². The Labute approximate surface area is 177 Å². The highest BCUT2D eigenvalue weighted by Crippen LogP contribution is 2.47. The van der Waals surface area contributed by atoms with Gasteiger partial charge in [-0.25, -0.2) is 13.6 Å².